The normalized spacial score (nSPS) is 10.6. The number of anilines is 1. The van der Waals surface area contributed by atoms with Crippen molar-refractivity contribution in [2.24, 2.45) is 0 Å². The minimum Gasteiger partial charge on any atom is -0.493 e. The van der Waals surface area contributed by atoms with E-state index in [9.17, 15) is 4.79 Å². The lowest BCUT2D eigenvalue weighted by molar-refractivity contribution is 0.0901. The molecule has 0 fully saturated rings. The van der Waals surface area contributed by atoms with Gasteiger partial charge in [0.2, 0.25) is 5.95 Å². The smallest absolute Gasteiger partial charge is 0.254 e. The van der Waals surface area contributed by atoms with Crippen LogP contribution in [0.3, 0.4) is 0 Å². The van der Waals surface area contributed by atoms with Gasteiger partial charge in [-0.2, -0.15) is 9.67 Å². The van der Waals surface area contributed by atoms with Gasteiger partial charge in [0.25, 0.3) is 5.91 Å². The van der Waals surface area contributed by atoms with Gasteiger partial charge in [0.1, 0.15) is 0 Å². The van der Waals surface area contributed by atoms with Crippen LogP contribution in [0.15, 0.2) is 72.8 Å². The second kappa shape index (κ2) is 10.2. The summed E-state index contributed by atoms with van der Waals surface area (Å²) in [6.45, 7) is 0.503. The molecule has 0 saturated heterocycles. The maximum absolute atomic E-state index is 13.2. The lowest BCUT2D eigenvalue weighted by atomic mass is 10.1. The molecule has 3 aromatic carbocycles. The molecule has 0 bridgehead atoms. The SMILES string of the molecule is COc1ccc(CC(=O)n2nc(-c3ccc(Cl)cc3)nc2NCc2ccccc2)cc1OC. The van der Waals surface area contributed by atoms with Crippen molar-refractivity contribution < 1.29 is 14.3 Å². The van der Waals surface area contributed by atoms with Gasteiger partial charge in [0, 0.05) is 17.1 Å². The van der Waals surface area contributed by atoms with E-state index in [0.29, 0.717) is 34.8 Å². The summed E-state index contributed by atoms with van der Waals surface area (Å²) in [7, 11) is 3.13. The van der Waals surface area contributed by atoms with Crippen LogP contribution in [-0.2, 0) is 13.0 Å². The summed E-state index contributed by atoms with van der Waals surface area (Å²) in [5, 5.41) is 8.34. The first-order valence-corrected chi connectivity index (χ1v) is 10.7. The Labute approximate surface area is 196 Å². The quantitative estimate of drug-likeness (QED) is 0.392. The van der Waals surface area contributed by atoms with Crippen molar-refractivity contribution in [2.75, 3.05) is 19.5 Å². The Morgan fingerprint density at radius 1 is 0.939 bits per heavy atom. The van der Waals surface area contributed by atoms with Crippen LogP contribution in [0.4, 0.5) is 5.95 Å². The van der Waals surface area contributed by atoms with Gasteiger partial charge in [-0.1, -0.05) is 48.0 Å². The molecule has 0 aliphatic carbocycles. The van der Waals surface area contributed by atoms with E-state index in [-0.39, 0.29) is 12.3 Å². The maximum Gasteiger partial charge on any atom is 0.254 e. The maximum atomic E-state index is 13.2. The molecule has 0 aliphatic heterocycles. The van der Waals surface area contributed by atoms with Crippen LogP contribution in [-0.4, -0.2) is 34.9 Å². The van der Waals surface area contributed by atoms with Gasteiger partial charge in [-0.25, -0.2) is 0 Å². The van der Waals surface area contributed by atoms with Gasteiger partial charge < -0.3 is 14.8 Å². The van der Waals surface area contributed by atoms with Crippen LogP contribution in [0.5, 0.6) is 11.5 Å². The van der Waals surface area contributed by atoms with Gasteiger partial charge in [-0.3, -0.25) is 4.79 Å². The van der Waals surface area contributed by atoms with E-state index >= 15 is 0 Å². The van der Waals surface area contributed by atoms with Crippen molar-refractivity contribution in [1.29, 1.82) is 0 Å². The molecule has 0 aliphatic rings. The molecule has 4 rings (SSSR count). The van der Waals surface area contributed by atoms with Crippen LogP contribution >= 0.6 is 11.6 Å². The third-order valence-electron chi connectivity index (χ3n) is 5.04. The van der Waals surface area contributed by atoms with Crippen molar-refractivity contribution in [3.05, 3.63) is 88.9 Å². The predicted molar refractivity (Wildman–Crippen MR) is 128 cm³/mol. The lowest BCUT2D eigenvalue weighted by Gasteiger charge is -2.10. The highest BCUT2D eigenvalue weighted by Gasteiger charge is 2.18. The fourth-order valence-corrected chi connectivity index (χ4v) is 3.46. The molecule has 0 amide bonds. The Bertz CT molecular complexity index is 1240. The van der Waals surface area contributed by atoms with Crippen molar-refractivity contribution in [2.45, 2.75) is 13.0 Å². The summed E-state index contributed by atoms with van der Waals surface area (Å²) in [6.07, 6.45) is 0.115. The van der Waals surface area contributed by atoms with Crippen LogP contribution in [0, 0.1) is 0 Å². The molecule has 168 valence electrons. The van der Waals surface area contributed by atoms with Gasteiger partial charge in [-0.05, 0) is 47.5 Å². The monoisotopic (exact) mass is 462 g/mol. The van der Waals surface area contributed by atoms with Crippen molar-refractivity contribution in [3.8, 4) is 22.9 Å². The molecule has 0 unspecified atom stereocenters. The molecule has 33 heavy (non-hydrogen) atoms. The fraction of sp³-hybridized carbons (Fsp3) is 0.160. The first-order chi connectivity index (χ1) is 16.1. The first-order valence-electron chi connectivity index (χ1n) is 10.3. The number of carbonyl (C=O) groups is 1. The number of hydrogen-bond acceptors (Lipinski definition) is 6. The Morgan fingerprint density at radius 2 is 1.67 bits per heavy atom. The van der Waals surface area contributed by atoms with Crippen molar-refractivity contribution in [3.63, 3.8) is 0 Å². The number of aromatic nitrogens is 3. The topological polar surface area (TPSA) is 78.3 Å². The van der Waals surface area contributed by atoms with E-state index in [1.807, 2.05) is 48.5 Å². The van der Waals surface area contributed by atoms with Gasteiger partial charge >= 0.3 is 0 Å². The van der Waals surface area contributed by atoms with E-state index in [1.165, 1.54) is 4.68 Å². The van der Waals surface area contributed by atoms with Crippen molar-refractivity contribution in [1.82, 2.24) is 14.8 Å². The third-order valence-corrected chi connectivity index (χ3v) is 5.29. The number of nitrogens with zero attached hydrogens (tertiary/aromatic N) is 3. The molecular weight excluding hydrogens is 440 g/mol. The fourth-order valence-electron chi connectivity index (χ4n) is 3.34. The van der Waals surface area contributed by atoms with E-state index in [2.05, 4.69) is 15.4 Å². The second-order valence-corrected chi connectivity index (χ2v) is 7.71. The Kier molecular flexibility index (Phi) is 6.90. The van der Waals surface area contributed by atoms with E-state index in [4.69, 9.17) is 21.1 Å². The van der Waals surface area contributed by atoms with E-state index in [1.54, 1.807) is 38.5 Å². The average molecular weight is 463 g/mol. The summed E-state index contributed by atoms with van der Waals surface area (Å²) in [5.41, 5.74) is 2.60. The van der Waals surface area contributed by atoms with Gasteiger partial charge in [0.15, 0.2) is 17.3 Å². The van der Waals surface area contributed by atoms with Crippen LogP contribution < -0.4 is 14.8 Å². The minimum absolute atomic E-state index is 0.115. The Balaban J connectivity index is 1.62. The molecule has 1 heterocycles. The van der Waals surface area contributed by atoms with E-state index in [0.717, 1.165) is 16.7 Å². The molecule has 1 N–H and O–H groups in total. The van der Waals surface area contributed by atoms with Gasteiger partial charge in [-0.15, -0.1) is 5.10 Å². The molecular formula is C25H23ClN4O3. The summed E-state index contributed by atoms with van der Waals surface area (Å²) in [6, 6.07) is 22.4. The zero-order valence-electron chi connectivity index (χ0n) is 18.3. The third kappa shape index (κ3) is 5.32. The second-order valence-electron chi connectivity index (χ2n) is 7.28. The molecule has 0 atom stereocenters. The van der Waals surface area contributed by atoms with Gasteiger partial charge in [0.05, 0.1) is 20.6 Å². The highest BCUT2D eigenvalue weighted by atomic mass is 35.5. The predicted octanol–water partition coefficient (Wildman–Crippen LogP) is 5.11. The van der Waals surface area contributed by atoms with E-state index < -0.39 is 0 Å². The zero-order valence-corrected chi connectivity index (χ0v) is 19.0. The highest BCUT2D eigenvalue weighted by Crippen LogP contribution is 2.28. The lowest BCUT2D eigenvalue weighted by Crippen LogP contribution is -2.18. The van der Waals surface area contributed by atoms with Crippen LogP contribution in [0.25, 0.3) is 11.4 Å². The summed E-state index contributed by atoms with van der Waals surface area (Å²) < 4.78 is 11.9. The molecule has 7 nitrogen and oxygen atoms in total. The molecule has 4 aromatic rings. The number of hydrogen-bond donors (Lipinski definition) is 1. The number of methoxy groups -OCH3 is 2. The number of halogens is 1. The number of benzene rings is 3. The molecule has 0 saturated carbocycles. The zero-order chi connectivity index (χ0) is 23.2. The van der Waals surface area contributed by atoms with Crippen LogP contribution in [0.1, 0.15) is 15.9 Å². The minimum atomic E-state index is -0.231. The Morgan fingerprint density at radius 3 is 2.36 bits per heavy atom. The van der Waals surface area contributed by atoms with Crippen molar-refractivity contribution >= 4 is 23.5 Å². The summed E-state index contributed by atoms with van der Waals surface area (Å²) >= 11 is 6.01. The summed E-state index contributed by atoms with van der Waals surface area (Å²) in [5.74, 6) is 1.73. The standard InChI is InChI=1S/C25H23ClN4O3/c1-32-21-13-8-18(14-22(21)33-2)15-23(31)30-25(27-16-17-6-4-3-5-7-17)28-24(29-30)19-9-11-20(26)12-10-19/h3-14H,15-16H2,1-2H3,(H,27,28,29). The molecule has 8 heteroatoms. The van der Waals surface area contributed by atoms with Crippen LogP contribution in [0.2, 0.25) is 5.02 Å². The number of carbonyl (C=O) groups excluding carboxylic acids is 1. The molecule has 1 aromatic heterocycles. The highest BCUT2D eigenvalue weighted by molar-refractivity contribution is 6.30. The largest absolute Gasteiger partial charge is 0.493 e. The number of rotatable bonds is 8. The molecule has 0 spiro atoms. The molecule has 0 radical (unpaired) electrons. The number of ether oxygens (including phenoxy) is 2. The number of nitrogens with one attached hydrogen (secondary N) is 1. The summed E-state index contributed by atoms with van der Waals surface area (Å²) in [4.78, 5) is 17.8. The Hall–Kier alpha value is -3.84. The average Bonchev–Trinajstić information content (AvgIpc) is 3.28. The first kappa shape index (κ1) is 22.4.